The Morgan fingerprint density at radius 2 is 2.11 bits per heavy atom. The van der Waals surface area contributed by atoms with Gasteiger partial charge < -0.3 is 4.74 Å². The second-order valence-electron chi connectivity index (χ2n) is 4.48. The number of hydrogen-bond donors (Lipinski definition) is 0. The van der Waals surface area contributed by atoms with Crippen LogP contribution in [0.3, 0.4) is 0 Å². The number of ketones is 1. The number of carbonyl (C=O) groups excluding carboxylic acids is 2. The Morgan fingerprint density at radius 1 is 1.32 bits per heavy atom. The highest BCUT2D eigenvalue weighted by Crippen LogP contribution is 2.44. The zero-order valence-corrected chi connectivity index (χ0v) is 11.3. The Morgan fingerprint density at radius 3 is 2.89 bits per heavy atom. The number of rotatable bonds is 1. The molecule has 3 rings (SSSR count). The second-order valence-corrected chi connectivity index (χ2v) is 5.54. The fourth-order valence-electron chi connectivity index (χ4n) is 2.26. The van der Waals surface area contributed by atoms with Crippen molar-refractivity contribution >= 4 is 23.5 Å². The molecule has 3 nitrogen and oxygen atoms in total. The molecule has 0 spiro atoms. The molecule has 0 fully saturated rings. The Bertz CT molecular complexity index is 641. The minimum atomic E-state index is -0.355. The molecule has 0 unspecified atom stereocenters. The van der Waals surface area contributed by atoms with Crippen molar-refractivity contribution in [2.24, 2.45) is 0 Å². The molecule has 96 valence electrons. The number of allylic oxidation sites excluding steroid dienone is 2. The standard InChI is InChI=1S/C15H12O3S/c1-9(16)18-13-7-6-12(17)11-8-10-4-2-3-5-14(10)19-15(11)13/h2-5,7H,6,8H2,1H3. The lowest BCUT2D eigenvalue weighted by Crippen LogP contribution is -2.17. The van der Waals surface area contributed by atoms with Crippen molar-refractivity contribution in [1.29, 1.82) is 0 Å². The highest BCUT2D eigenvalue weighted by molar-refractivity contribution is 8.03. The maximum atomic E-state index is 12.0. The lowest BCUT2D eigenvalue weighted by atomic mass is 9.95. The molecule has 0 saturated heterocycles. The summed E-state index contributed by atoms with van der Waals surface area (Å²) in [5.41, 5.74) is 1.92. The second kappa shape index (κ2) is 4.70. The Balaban J connectivity index is 2.01. The fraction of sp³-hybridized carbons (Fsp3) is 0.200. The third-order valence-electron chi connectivity index (χ3n) is 3.11. The van der Waals surface area contributed by atoms with Crippen LogP contribution in [-0.2, 0) is 20.7 Å². The van der Waals surface area contributed by atoms with Crippen LogP contribution in [0, 0.1) is 0 Å². The Hall–Kier alpha value is -1.81. The van der Waals surface area contributed by atoms with E-state index in [4.69, 9.17) is 4.74 Å². The number of thioether (sulfide) groups is 1. The number of carbonyl (C=O) groups is 2. The summed E-state index contributed by atoms with van der Waals surface area (Å²) in [4.78, 5) is 25.1. The van der Waals surface area contributed by atoms with Crippen LogP contribution in [0.2, 0.25) is 0 Å². The van der Waals surface area contributed by atoms with Gasteiger partial charge in [0, 0.05) is 30.2 Å². The molecule has 4 heteroatoms. The number of hydrogen-bond acceptors (Lipinski definition) is 4. The summed E-state index contributed by atoms with van der Waals surface area (Å²) in [6.07, 6.45) is 2.63. The average Bonchev–Trinajstić information content (AvgIpc) is 2.40. The zero-order valence-electron chi connectivity index (χ0n) is 10.4. The number of benzene rings is 1. The van der Waals surface area contributed by atoms with Gasteiger partial charge in [-0.1, -0.05) is 30.0 Å². The van der Waals surface area contributed by atoms with Crippen molar-refractivity contribution < 1.29 is 14.3 Å². The van der Waals surface area contributed by atoms with Gasteiger partial charge in [-0.05, 0) is 17.7 Å². The van der Waals surface area contributed by atoms with E-state index in [-0.39, 0.29) is 11.8 Å². The summed E-state index contributed by atoms with van der Waals surface area (Å²) < 4.78 is 5.22. The first kappa shape index (κ1) is 12.2. The number of fused-ring (bicyclic) bond motifs is 1. The maximum Gasteiger partial charge on any atom is 0.308 e. The van der Waals surface area contributed by atoms with E-state index in [9.17, 15) is 9.59 Å². The van der Waals surface area contributed by atoms with E-state index in [2.05, 4.69) is 0 Å². The minimum absolute atomic E-state index is 0.118. The largest absolute Gasteiger partial charge is 0.426 e. The van der Waals surface area contributed by atoms with Crippen LogP contribution in [0.15, 0.2) is 51.5 Å². The molecule has 0 atom stereocenters. The molecule has 0 bridgehead atoms. The lowest BCUT2D eigenvalue weighted by molar-refractivity contribution is -0.136. The van der Waals surface area contributed by atoms with Gasteiger partial charge in [0.1, 0.15) is 5.76 Å². The van der Waals surface area contributed by atoms with Gasteiger partial charge in [-0.25, -0.2) is 0 Å². The van der Waals surface area contributed by atoms with E-state index in [1.807, 2.05) is 24.3 Å². The first-order valence-electron chi connectivity index (χ1n) is 6.06. The van der Waals surface area contributed by atoms with Crippen molar-refractivity contribution in [2.75, 3.05) is 0 Å². The van der Waals surface area contributed by atoms with Crippen LogP contribution >= 0.6 is 11.8 Å². The van der Waals surface area contributed by atoms with Crippen molar-refractivity contribution in [3.05, 3.63) is 52.1 Å². The van der Waals surface area contributed by atoms with E-state index in [0.29, 0.717) is 18.6 Å². The van der Waals surface area contributed by atoms with Gasteiger partial charge in [0.2, 0.25) is 0 Å². The van der Waals surface area contributed by atoms with Crippen LogP contribution in [0.1, 0.15) is 18.9 Å². The predicted molar refractivity (Wildman–Crippen MR) is 72.5 cm³/mol. The smallest absolute Gasteiger partial charge is 0.308 e. The molecule has 0 saturated carbocycles. The highest BCUT2D eigenvalue weighted by atomic mass is 32.2. The van der Waals surface area contributed by atoms with Crippen LogP contribution in [0.5, 0.6) is 0 Å². The number of ether oxygens (including phenoxy) is 1. The normalized spacial score (nSPS) is 17.5. The van der Waals surface area contributed by atoms with Crippen LogP contribution in [0.4, 0.5) is 0 Å². The average molecular weight is 272 g/mol. The lowest BCUT2D eigenvalue weighted by Gasteiger charge is -2.25. The molecule has 0 aromatic heterocycles. The van der Waals surface area contributed by atoms with Crippen molar-refractivity contribution in [2.45, 2.75) is 24.7 Å². The molecule has 1 aliphatic heterocycles. The molecule has 1 aromatic rings. The molecule has 0 radical (unpaired) electrons. The number of Topliss-reactive ketones (excluding diaryl/α,β-unsaturated/α-hetero) is 1. The third-order valence-corrected chi connectivity index (χ3v) is 4.38. The molecule has 1 aromatic carbocycles. The van der Waals surface area contributed by atoms with Gasteiger partial charge >= 0.3 is 5.97 Å². The van der Waals surface area contributed by atoms with E-state index in [1.165, 1.54) is 18.7 Å². The molecular weight excluding hydrogens is 260 g/mol. The van der Waals surface area contributed by atoms with Crippen molar-refractivity contribution in [3.8, 4) is 0 Å². The fourth-order valence-corrected chi connectivity index (χ4v) is 3.43. The van der Waals surface area contributed by atoms with Crippen LogP contribution < -0.4 is 0 Å². The minimum Gasteiger partial charge on any atom is -0.426 e. The van der Waals surface area contributed by atoms with Gasteiger partial charge in [0.25, 0.3) is 0 Å². The van der Waals surface area contributed by atoms with Gasteiger partial charge in [0.15, 0.2) is 5.78 Å². The molecule has 1 heterocycles. The predicted octanol–water partition coefficient (Wildman–Crippen LogP) is 3.01. The number of esters is 1. The van der Waals surface area contributed by atoms with Gasteiger partial charge in [-0.2, -0.15) is 0 Å². The molecule has 1 aliphatic carbocycles. The first-order chi connectivity index (χ1) is 9.15. The van der Waals surface area contributed by atoms with E-state index in [0.717, 1.165) is 20.9 Å². The summed E-state index contributed by atoms with van der Waals surface area (Å²) >= 11 is 1.51. The van der Waals surface area contributed by atoms with Gasteiger partial charge in [0.05, 0.1) is 4.91 Å². The van der Waals surface area contributed by atoms with E-state index in [1.54, 1.807) is 6.08 Å². The van der Waals surface area contributed by atoms with Crippen LogP contribution in [0.25, 0.3) is 0 Å². The molecule has 19 heavy (non-hydrogen) atoms. The monoisotopic (exact) mass is 272 g/mol. The van der Waals surface area contributed by atoms with Crippen molar-refractivity contribution in [3.63, 3.8) is 0 Å². The molecule has 0 N–H and O–H groups in total. The highest BCUT2D eigenvalue weighted by Gasteiger charge is 2.29. The summed E-state index contributed by atoms with van der Waals surface area (Å²) in [7, 11) is 0. The first-order valence-corrected chi connectivity index (χ1v) is 6.88. The summed E-state index contributed by atoms with van der Waals surface area (Å²) in [5.74, 6) is 0.293. The molecular formula is C15H12O3S. The van der Waals surface area contributed by atoms with Crippen molar-refractivity contribution in [1.82, 2.24) is 0 Å². The molecule has 0 amide bonds. The van der Waals surface area contributed by atoms with Gasteiger partial charge in [-0.3, -0.25) is 9.59 Å². The summed E-state index contributed by atoms with van der Waals surface area (Å²) in [5, 5.41) is 0. The zero-order chi connectivity index (χ0) is 13.4. The topological polar surface area (TPSA) is 43.4 Å². The van der Waals surface area contributed by atoms with Crippen LogP contribution in [-0.4, -0.2) is 11.8 Å². The summed E-state index contributed by atoms with van der Waals surface area (Å²) in [6.45, 7) is 1.37. The Kier molecular flexibility index (Phi) is 3.03. The Labute approximate surface area is 115 Å². The van der Waals surface area contributed by atoms with E-state index < -0.39 is 0 Å². The SMILES string of the molecule is CC(=O)OC1=CCC(=O)C2=C1Sc1ccccc1C2. The molecule has 2 aliphatic rings. The van der Waals surface area contributed by atoms with Gasteiger partial charge in [-0.15, -0.1) is 0 Å². The maximum absolute atomic E-state index is 12.0. The summed E-state index contributed by atoms with van der Waals surface area (Å²) in [6, 6.07) is 8.00. The quantitative estimate of drug-likeness (QED) is 0.737. The third kappa shape index (κ3) is 2.24. The van der Waals surface area contributed by atoms with E-state index >= 15 is 0 Å².